The van der Waals surface area contributed by atoms with Crippen molar-refractivity contribution in [1.82, 2.24) is 4.90 Å². The molecule has 0 saturated heterocycles. The van der Waals surface area contributed by atoms with Crippen molar-refractivity contribution in [3.8, 4) is 23.0 Å². The molecule has 0 saturated carbocycles. The molecule has 1 atom stereocenters. The summed E-state index contributed by atoms with van der Waals surface area (Å²) in [6.07, 6.45) is 2.19. The number of methoxy groups -OCH3 is 4. The fourth-order valence-corrected chi connectivity index (χ4v) is 3.54. The Labute approximate surface area is 184 Å². The molecule has 1 N–H and O–H groups in total. The molecule has 2 aromatic carbocycles. The lowest BCUT2D eigenvalue weighted by molar-refractivity contribution is -0.139. The summed E-state index contributed by atoms with van der Waals surface area (Å²) >= 11 is 0. The summed E-state index contributed by atoms with van der Waals surface area (Å²) in [5.41, 5.74) is 1.89. The van der Waals surface area contributed by atoms with Crippen LogP contribution in [0.5, 0.6) is 23.0 Å². The van der Waals surface area contributed by atoms with Gasteiger partial charge < -0.3 is 29.0 Å². The number of benzene rings is 2. The van der Waals surface area contributed by atoms with Gasteiger partial charge in [0.2, 0.25) is 0 Å². The van der Waals surface area contributed by atoms with Crippen molar-refractivity contribution in [3.05, 3.63) is 47.5 Å². The number of hydrogen-bond donors (Lipinski definition) is 1. The second-order valence-electron chi connectivity index (χ2n) is 7.39. The molecule has 0 heterocycles. The molecule has 0 amide bonds. The van der Waals surface area contributed by atoms with Crippen LogP contribution in [0.15, 0.2) is 36.4 Å². The van der Waals surface area contributed by atoms with E-state index in [1.54, 1.807) is 46.6 Å². The van der Waals surface area contributed by atoms with Gasteiger partial charge in [-0.2, -0.15) is 0 Å². The van der Waals surface area contributed by atoms with Gasteiger partial charge in [0.05, 0.1) is 34.4 Å². The van der Waals surface area contributed by atoms with Gasteiger partial charge >= 0.3 is 5.97 Å². The number of carboxylic acid groups (broad SMARTS) is 1. The second-order valence-corrected chi connectivity index (χ2v) is 7.39. The Morgan fingerprint density at radius 3 is 2.03 bits per heavy atom. The van der Waals surface area contributed by atoms with Crippen LogP contribution in [-0.4, -0.2) is 64.6 Å². The zero-order chi connectivity index (χ0) is 22.8. The number of nitrogens with zero attached hydrogens (tertiary/aromatic N) is 1. The number of rotatable bonds is 13. The molecular formula is C24H33NO6. The summed E-state index contributed by atoms with van der Waals surface area (Å²) in [6.45, 7) is 1.67. The number of ether oxygens (including phenoxy) is 4. The molecule has 0 spiro atoms. The standard InChI is InChI=1S/C24H33NO6/c1-25(14-12-17-8-10-20(28-2)22(15-17)30-4)13-6-7-19(24(26)27)18-9-11-21(29-3)23(16-18)31-5/h8-11,15-16,19H,6-7,12-14H2,1-5H3,(H,26,27). The summed E-state index contributed by atoms with van der Waals surface area (Å²) in [5, 5.41) is 9.72. The number of carboxylic acids is 1. The average Bonchev–Trinajstić information content (AvgIpc) is 2.79. The van der Waals surface area contributed by atoms with Gasteiger partial charge in [-0.1, -0.05) is 12.1 Å². The Kier molecular flexibility index (Phi) is 9.46. The Bertz CT molecular complexity index is 854. The minimum absolute atomic E-state index is 0.540. The predicted octanol–water partition coefficient (Wildman–Crippen LogP) is 3.84. The maximum Gasteiger partial charge on any atom is 0.310 e. The highest BCUT2D eigenvalue weighted by Gasteiger charge is 2.21. The third kappa shape index (κ3) is 6.79. The van der Waals surface area contributed by atoms with Crippen LogP contribution in [0.3, 0.4) is 0 Å². The predicted molar refractivity (Wildman–Crippen MR) is 120 cm³/mol. The molecule has 31 heavy (non-hydrogen) atoms. The van der Waals surface area contributed by atoms with Crippen LogP contribution >= 0.6 is 0 Å². The van der Waals surface area contributed by atoms with E-state index in [4.69, 9.17) is 18.9 Å². The van der Waals surface area contributed by atoms with Crippen molar-refractivity contribution < 1.29 is 28.8 Å². The van der Waals surface area contributed by atoms with Crippen molar-refractivity contribution in [2.24, 2.45) is 0 Å². The molecule has 0 bridgehead atoms. The van der Waals surface area contributed by atoms with E-state index in [-0.39, 0.29) is 0 Å². The fraction of sp³-hybridized carbons (Fsp3) is 0.458. The molecule has 7 nitrogen and oxygen atoms in total. The Hall–Kier alpha value is -2.93. The van der Waals surface area contributed by atoms with Gasteiger partial charge in [0.15, 0.2) is 23.0 Å². The van der Waals surface area contributed by atoms with Gasteiger partial charge in [0.25, 0.3) is 0 Å². The minimum atomic E-state index is -0.833. The monoisotopic (exact) mass is 431 g/mol. The highest BCUT2D eigenvalue weighted by molar-refractivity contribution is 5.76. The van der Waals surface area contributed by atoms with Crippen molar-refractivity contribution in [2.75, 3.05) is 48.6 Å². The van der Waals surface area contributed by atoms with Gasteiger partial charge in [-0.05, 0) is 68.2 Å². The van der Waals surface area contributed by atoms with E-state index < -0.39 is 11.9 Å². The lowest BCUT2D eigenvalue weighted by Gasteiger charge is -2.19. The van der Waals surface area contributed by atoms with Crippen LogP contribution in [0.25, 0.3) is 0 Å². The van der Waals surface area contributed by atoms with E-state index in [1.807, 2.05) is 25.2 Å². The van der Waals surface area contributed by atoms with Crippen LogP contribution in [0, 0.1) is 0 Å². The van der Waals surface area contributed by atoms with Crippen LogP contribution in [-0.2, 0) is 11.2 Å². The fourth-order valence-electron chi connectivity index (χ4n) is 3.54. The summed E-state index contributed by atoms with van der Waals surface area (Å²) in [4.78, 5) is 14.1. The van der Waals surface area contributed by atoms with Crippen LogP contribution < -0.4 is 18.9 Å². The summed E-state index contributed by atoms with van der Waals surface area (Å²) in [5.74, 6) is 1.15. The molecule has 0 radical (unpaired) electrons. The van der Waals surface area contributed by atoms with Crippen molar-refractivity contribution in [1.29, 1.82) is 0 Å². The zero-order valence-corrected chi connectivity index (χ0v) is 19.0. The number of carbonyl (C=O) groups is 1. The van der Waals surface area contributed by atoms with Crippen LogP contribution in [0.2, 0.25) is 0 Å². The Morgan fingerprint density at radius 2 is 1.45 bits per heavy atom. The first kappa shape index (κ1) is 24.3. The molecule has 0 aliphatic carbocycles. The van der Waals surface area contributed by atoms with Gasteiger partial charge in [-0.15, -0.1) is 0 Å². The number of hydrogen-bond acceptors (Lipinski definition) is 6. The first-order valence-corrected chi connectivity index (χ1v) is 10.3. The second kappa shape index (κ2) is 12.1. The van der Waals surface area contributed by atoms with E-state index in [0.29, 0.717) is 17.9 Å². The lowest BCUT2D eigenvalue weighted by atomic mass is 9.94. The van der Waals surface area contributed by atoms with Gasteiger partial charge in [-0.25, -0.2) is 0 Å². The summed E-state index contributed by atoms with van der Waals surface area (Å²) in [7, 11) is 8.41. The van der Waals surface area contributed by atoms with E-state index in [1.165, 1.54) is 5.56 Å². The topological polar surface area (TPSA) is 77.5 Å². The van der Waals surface area contributed by atoms with Crippen molar-refractivity contribution in [3.63, 3.8) is 0 Å². The highest BCUT2D eigenvalue weighted by Crippen LogP contribution is 2.32. The molecule has 7 heteroatoms. The quantitative estimate of drug-likeness (QED) is 0.516. The highest BCUT2D eigenvalue weighted by atomic mass is 16.5. The number of likely N-dealkylation sites (N-methyl/N-ethyl adjacent to an activating group) is 1. The van der Waals surface area contributed by atoms with Crippen LogP contribution in [0.4, 0.5) is 0 Å². The molecule has 0 aliphatic heterocycles. The molecule has 2 aromatic rings. The first-order valence-electron chi connectivity index (χ1n) is 10.3. The summed E-state index contributed by atoms with van der Waals surface area (Å²) < 4.78 is 21.2. The minimum Gasteiger partial charge on any atom is -0.493 e. The molecule has 1 unspecified atom stereocenters. The van der Waals surface area contributed by atoms with Gasteiger partial charge in [0.1, 0.15) is 0 Å². The largest absolute Gasteiger partial charge is 0.493 e. The smallest absolute Gasteiger partial charge is 0.310 e. The molecule has 0 aromatic heterocycles. The molecule has 2 rings (SSSR count). The third-order valence-electron chi connectivity index (χ3n) is 5.37. The van der Waals surface area contributed by atoms with E-state index >= 15 is 0 Å². The third-order valence-corrected chi connectivity index (χ3v) is 5.37. The molecule has 0 aliphatic rings. The maximum atomic E-state index is 11.8. The van der Waals surface area contributed by atoms with Gasteiger partial charge in [-0.3, -0.25) is 4.79 Å². The first-order chi connectivity index (χ1) is 14.9. The number of aliphatic carboxylic acids is 1. The normalized spacial score (nSPS) is 11.8. The Balaban J connectivity index is 1.89. The Morgan fingerprint density at radius 1 is 0.871 bits per heavy atom. The van der Waals surface area contributed by atoms with Crippen LogP contribution in [0.1, 0.15) is 29.9 Å². The average molecular weight is 432 g/mol. The summed E-state index contributed by atoms with van der Waals surface area (Å²) in [6, 6.07) is 11.2. The van der Waals surface area contributed by atoms with E-state index in [0.717, 1.165) is 43.0 Å². The molecule has 0 fully saturated rings. The van der Waals surface area contributed by atoms with Crippen molar-refractivity contribution >= 4 is 5.97 Å². The molecule has 170 valence electrons. The van der Waals surface area contributed by atoms with Gasteiger partial charge in [0, 0.05) is 6.54 Å². The SMILES string of the molecule is COc1ccc(CCN(C)CCCC(C(=O)O)c2ccc(OC)c(OC)c2)cc1OC. The van der Waals surface area contributed by atoms with E-state index in [9.17, 15) is 9.90 Å². The lowest BCUT2D eigenvalue weighted by Crippen LogP contribution is -2.23. The van der Waals surface area contributed by atoms with E-state index in [2.05, 4.69) is 4.90 Å². The molecular weight excluding hydrogens is 398 g/mol. The zero-order valence-electron chi connectivity index (χ0n) is 19.0. The van der Waals surface area contributed by atoms with Crippen molar-refractivity contribution in [2.45, 2.75) is 25.2 Å². The maximum absolute atomic E-state index is 11.8.